The Morgan fingerprint density at radius 2 is 2.15 bits per heavy atom. The minimum absolute atomic E-state index is 0.0269. The molecule has 0 fully saturated rings. The zero-order valence-electron chi connectivity index (χ0n) is 12.1. The summed E-state index contributed by atoms with van der Waals surface area (Å²) in [5.41, 5.74) is 1.59. The first-order valence-corrected chi connectivity index (χ1v) is 6.66. The maximum absolute atomic E-state index is 12.2. The summed E-state index contributed by atoms with van der Waals surface area (Å²) in [4.78, 5) is 13.9. The second-order valence-electron chi connectivity index (χ2n) is 4.19. The molecule has 20 heavy (non-hydrogen) atoms. The molecule has 4 nitrogen and oxygen atoms in total. The minimum atomic E-state index is 0.0269. The normalized spacial score (nSPS) is 10.1. The third kappa shape index (κ3) is 5.04. The van der Waals surface area contributed by atoms with Crippen molar-refractivity contribution < 1.29 is 14.3 Å². The monoisotopic (exact) mass is 275 g/mol. The van der Waals surface area contributed by atoms with Crippen molar-refractivity contribution in [3.63, 3.8) is 0 Å². The number of anilines is 1. The average molecular weight is 275 g/mol. The molecule has 0 aliphatic rings. The SMILES string of the molecule is C#Cc1cccc(N(CC)C(=O)CCOCCOC)c1. The van der Waals surface area contributed by atoms with E-state index in [0.29, 0.717) is 32.8 Å². The summed E-state index contributed by atoms with van der Waals surface area (Å²) in [6.07, 6.45) is 5.72. The number of nitrogens with zero attached hydrogens (tertiary/aromatic N) is 1. The van der Waals surface area contributed by atoms with Gasteiger partial charge in [0.15, 0.2) is 0 Å². The van der Waals surface area contributed by atoms with Gasteiger partial charge in [-0.25, -0.2) is 0 Å². The van der Waals surface area contributed by atoms with Gasteiger partial charge < -0.3 is 14.4 Å². The summed E-state index contributed by atoms with van der Waals surface area (Å²) in [5.74, 6) is 2.60. The van der Waals surface area contributed by atoms with Gasteiger partial charge in [-0.15, -0.1) is 6.42 Å². The summed E-state index contributed by atoms with van der Waals surface area (Å²) >= 11 is 0. The predicted octanol–water partition coefficient (Wildman–Crippen LogP) is 2.07. The third-order valence-corrected chi connectivity index (χ3v) is 2.83. The third-order valence-electron chi connectivity index (χ3n) is 2.83. The molecule has 0 aliphatic carbocycles. The van der Waals surface area contributed by atoms with Crippen LogP contribution in [0.4, 0.5) is 5.69 Å². The van der Waals surface area contributed by atoms with Crippen molar-refractivity contribution in [1.82, 2.24) is 0 Å². The Morgan fingerprint density at radius 3 is 2.80 bits per heavy atom. The van der Waals surface area contributed by atoms with Gasteiger partial charge in [-0.2, -0.15) is 0 Å². The van der Waals surface area contributed by atoms with Crippen molar-refractivity contribution in [3.05, 3.63) is 29.8 Å². The number of rotatable bonds is 8. The number of hydrogen-bond acceptors (Lipinski definition) is 3. The summed E-state index contributed by atoms with van der Waals surface area (Å²) in [6.45, 7) is 3.98. The van der Waals surface area contributed by atoms with Crippen LogP contribution < -0.4 is 4.90 Å². The molecule has 0 spiro atoms. The number of hydrogen-bond donors (Lipinski definition) is 0. The number of carbonyl (C=O) groups excluding carboxylic acids is 1. The highest BCUT2D eigenvalue weighted by atomic mass is 16.5. The molecule has 0 heterocycles. The van der Waals surface area contributed by atoms with E-state index < -0.39 is 0 Å². The fourth-order valence-electron chi connectivity index (χ4n) is 1.81. The Kier molecular flexibility index (Phi) is 7.41. The van der Waals surface area contributed by atoms with Gasteiger partial charge in [0, 0.05) is 24.9 Å². The summed E-state index contributed by atoms with van der Waals surface area (Å²) < 4.78 is 10.2. The van der Waals surface area contributed by atoms with Gasteiger partial charge in [0.2, 0.25) is 5.91 Å². The molecule has 0 aromatic heterocycles. The van der Waals surface area contributed by atoms with E-state index in [9.17, 15) is 4.79 Å². The number of amides is 1. The lowest BCUT2D eigenvalue weighted by Crippen LogP contribution is -2.31. The lowest BCUT2D eigenvalue weighted by Gasteiger charge is -2.21. The number of ether oxygens (including phenoxy) is 2. The number of methoxy groups -OCH3 is 1. The van der Waals surface area contributed by atoms with Crippen molar-refractivity contribution in [2.45, 2.75) is 13.3 Å². The smallest absolute Gasteiger partial charge is 0.229 e. The van der Waals surface area contributed by atoms with Crippen molar-refractivity contribution >= 4 is 11.6 Å². The van der Waals surface area contributed by atoms with Gasteiger partial charge in [-0.05, 0) is 25.1 Å². The number of carbonyl (C=O) groups is 1. The summed E-state index contributed by atoms with van der Waals surface area (Å²) in [5, 5.41) is 0. The Labute approximate surface area is 120 Å². The van der Waals surface area contributed by atoms with E-state index in [1.807, 2.05) is 31.2 Å². The van der Waals surface area contributed by atoms with E-state index in [1.165, 1.54) is 0 Å². The summed E-state index contributed by atoms with van der Waals surface area (Å²) in [6, 6.07) is 7.42. The molecule has 4 heteroatoms. The van der Waals surface area contributed by atoms with Gasteiger partial charge in [-0.1, -0.05) is 12.0 Å². The van der Waals surface area contributed by atoms with Crippen LogP contribution in [0.1, 0.15) is 18.9 Å². The van der Waals surface area contributed by atoms with Crippen molar-refractivity contribution in [1.29, 1.82) is 0 Å². The van der Waals surface area contributed by atoms with Crippen LogP contribution >= 0.6 is 0 Å². The van der Waals surface area contributed by atoms with E-state index in [4.69, 9.17) is 15.9 Å². The predicted molar refractivity (Wildman–Crippen MR) is 79.7 cm³/mol. The molecule has 0 saturated heterocycles. The van der Waals surface area contributed by atoms with Crippen molar-refractivity contribution in [2.24, 2.45) is 0 Å². The van der Waals surface area contributed by atoms with Crippen LogP contribution in [-0.2, 0) is 14.3 Å². The molecule has 0 atom stereocenters. The van der Waals surface area contributed by atoms with Crippen LogP contribution in [0.5, 0.6) is 0 Å². The van der Waals surface area contributed by atoms with Crippen LogP contribution in [0.2, 0.25) is 0 Å². The number of benzene rings is 1. The van der Waals surface area contributed by atoms with Crippen molar-refractivity contribution in [3.8, 4) is 12.3 Å². The lowest BCUT2D eigenvalue weighted by molar-refractivity contribution is -0.119. The molecule has 0 bridgehead atoms. The lowest BCUT2D eigenvalue weighted by atomic mass is 10.2. The molecule has 108 valence electrons. The van der Waals surface area contributed by atoms with Crippen LogP contribution in [0.25, 0.3) is 0 Å². The molecule has 1 amide bonds. The van der Waals surface area contributed by atoms with Crippen LogP contribution in [0, 0.1) is 12.3 Å². The molecule has 0 aliphatic heterocycles. The zero-order valence-corrected chi connectivity index (χ0v) is 12.1. The maximum Gasteiger partial charge on any atom is 0.229 e. The molecule has 0 saturated carbocycles. The van der Waals surface area contributed by atoms with E-state index in [1.54, 1.807) is 12.0 Å². The largest absolute Gasteiger partial charge is 0.382 e. The molecule has 0 radical (unpaired) electrons. The second kappa shape index (κ2) is 9.13. The van der Waals surface area contributed by atoms with Gasteiger partial charge in [0.1, 0.15) is 0 Å². The molecule has 1 aromatic rings. The summed E-state index contributed by atoms with van der Waals surface area (Å²) in [7, 11) is 1.62. The average Bonchev–Trinajstić information content (AvgIpc) is 2.48. The van der Waals surface area contributed by atoms with Gasteiger partial charge in [-0.3, -0.25) is 4.79 Å². The van der Waals surface area contributed by atoms with E-state index >= 15 is 0 Å². The quantitative estimate of drug-likeness (QED) is 0.538. The Bertz CT molecular complexity index is 465. The van der Waals surface area contributed by atoms with Crippen LogP contribution in [-0.4, -0.2) is 39.4 Å². The first-order chi connectivity index (χ1) is 9.72. The van der Waals surface area contributed by atoms with Gasteiger partial charge in [0.05, 0.1) is 26.2 Å². The Hall–Kier alpha value is -1.83. The van der Waals surface area contributed by atoms with E-state index in [0.717, 1.165) is 11.3 Å². The fraction of sp³-hybridized carbons (Fsp3) is 0.438. The molecular formula is C16H21NO3. The van der Waals surface area contributed by atoms with Crippen LogP contribution in [0.15, 0.2) is 24.3 Å². The van der Waals surface area contributed by atoms with Gasteiger partial charge >= 0.3 is 0 Å². The Morgan fingerprint density at radius 1 is 1.35 bits per heavy atom. The van der Waals surface area contributed by atoms with Crippen LogP contribution in [0.3, 0.4) is 0 Å². The molecule has 1 aromatic carbocycles. The highest BCUT2D eigenvalue weighted by Gasteiger charge is 2.13. The van der Waals surface area contributed by atoms with Gasteiger partial charge in [0.25, 0.3) is 0 Å². The molecule has 0 N–H and O–H groups in total. The molecule has 0 unspecified atom stereocenters. The topological polar surface area (TPSA) is 38.8 Å². The maximum atomic E-state index is 12.2. The highest BCUT2D eigenvalue weighted by Crippen LogP contribution is 2.16. The van der Waals surface area contributed by atoms with E-state index in [2.05, 4.69) is 5.92 Å². The Balaban J connectivity index is 2.56. The second-order valence-corrected chi connectivity index (χ2v) is 4.19. The number of terminal acetylenes is 1. The fourth-order valence-corrected chi connectivity index (χ4v) is 1.81. The highest BCUT2D eigenvalue weighted by molar-refractivity contribution is 5.93. The first kappa shape index (κ1) is 16.2. The first-order valence-electron chi connectivity index (χ1n) is 6.66. The minimum Gasteiger partial charge on any atom is -0.382 e. The van der Waals surface area contributed by atoms with Crippen molar-refractivity contribution in [2.75, 3.05) is 38.4 Å². The molecule has 1 rings (SSSR count). The standard InChI is InChI=1S/C16H21NO3/c1-4-14-7-6-8-15(13-14)17(5-2)16(18)9-10-20-12-11-19-3/h1,6-8,13H,5,9-12H2,2-3H3. The molecular weight excluding hydrogens is 254 g/mol. The zero-order chi connectivity index (χ0) is 14.8. The van der Waals surface area contributed by atoms with E-state index in [-0.39, 0.29) is 5.91 Å².